The van der Waals surface area contributed by atoms with E-state index >= 15 is 0 Å². The van der Waals surface area contributed by atoms with E-state index in [4.69, 9.17) is 5.26 Å². The van der Waals surface area contributed by atoms with Gasteiger partial charge in [0.2, 0.25) is 0 Å². The lowest BCUT2D eigenvalue weighted by atomic mass is 10.1. The molecule has 1 aliphatic heterocycles. The van der Waals surface area contributed by atoms with Crippen LogP contribution in [-0.4, -0.2) is 13.1 Å². The van der Waals surface area contributed by atoms with Gasteiger partial charge in [0.1, 0.15) is 0 Å². The minimum atomic E-state index is 0.724. The average Bonchev–Trinajstić information content (AvgIpc) is 2.69. The van der Waals surface area contributed by atoms with Crippen molar-refractivity contribution in [3.8, 4) is 6.07 Å². The minimum absolute atomic E-state index is 0.724. The Hall–Kier alpha value is -1.01. The molecule has 0 atom stereocenters. The van der Waals surface area contributed by atoms with E-state index in [1.165, 1.54) is 24.1 Å². The Kier molecular flexibility index (Phi) is 2.97. The summed E-state index contributed by atoms with van der Waals surface area (Å²) in [5.74, 6) is 0. The fourth-order valence-electron chi connectivity index (χ4n) is 2.14. The maximum Gasteiger partial charge on any atom is 0.0992 e. The van der Waals surface area contributed by atoms with Crippen molar-refractivity contribution in [3.63, 3.8) is 0 Å². The van der Waals surface area contributed by atoms with Crippen molar-refractivity contribution >= 4 is 21.6 Å². The van der Waals surface area contributed by atoms with Crippen LogP contribution in [0.1, 0.15) is 24.0 Å². The van der Waals surface area contributed by atoms with Crippen molar-refractivity contribution in [3.05, 3.63) is 27.7 Å². The summed E-state index contributed by atoms with van der Waals surface area (Å²) < 4.78 is 1.04. The fraction of sp³-hybridized carbons (Fsp3) is 0.417. The summed E-state index contributed by atoms with van der Waals surface area (Å²) in [4.78, 5) is 2.39. The number of anilines is 1. The predicted octanol–water partition coefficient (Wildman–Crippen LogP) is 3.23. The van der Waals surface area contributed by atoms with E-state index in [1.807, 2.05) is 12.1 Å². The molecule has 78 valence electrons. The van der Waals surface area contributed by atoms with Crippen molar-refractivity contribution in [1.29, 1.82) is 5.26 Å². The van der Waals surface area contributed by atoms with Gasteiger partial charge in [0.25, 0.3) is 0 Å². The molecule has 0 radical (unpaired) electrons. The first-order valence-corrected chi connectivity index (χ1v) is 5.97. The molecule has 15 heavy (non-hydrogen) atoms. The Bertz CT molecular complexity index is 391. The van der Waals surface area contributed by atoms with Crippen LogP contribution < -0.4 is 4.90 Å². The molecule has 3 heteroatoms. The predicted molar refractivity (Wildman–Crippen MR) is 65.0 cm³/mol. The zero-order valence-corrected chi connectivity index (χ0v) is 10.3. The highest BCUT2D eigenvalue weighted by Gasteiger charge is 2.17. The van der Waals surface area contributed by atoms with E-state index < -0.39 is 0 Å². The molecule has 0 aromatic heterocycles. The number of aryl methyl sites for hydroxylation is 1. The molecule has 2 rings (SSSR count). The number of hydrogen-bond acceptors (Lipinski definition) is 2. The molecule has 1 aliphatic rings. The van der Waals surface area contributed by atoms with Gasteiger partial charge in [-0.25, -0.2) is 0 Å². The molecule has 0 N–H and O–H groups in total. The van der Waals surface area contributed by atoms with Gasteiger partial charge < -0.3 is 4.90 Å². The van der Waals surface area contributed by atoms with Gasteiger partial charge in [0, 0.05) is 17.6 Å². The van der Waals surface area contributed by atoms with Crippen LogP contribution in [0.5, 0.6) is 0 Å². The summed E-state index contributed by atoms with van der Waals surface area (Å²) in [6.07, 6.45) is 2.54. The van der Waals surface area contributed by atoms with Gasteiger partial charge in [-0.3, -0.25) is 0 Å². The van der Waals surface area contributed by atoms with Crippen molar-refractivity contribution in [1.82, 2.24) is 0 Å². The standard InChI is InChI=1S/C12H13BrN2/c1-9-6-10(8-14)7-11(13)12(9)15-4-2-3-5-15/h6-7H,2-5H2,1H3. The Balaban J connectivity index is 2.43. The third kappa shape index (κ3) is 2.00. The van der Waals surface area contributed by atoms with Gasteiger partial charge in [-0.1, -0.05) is 0 Å². The van der Waals surface area contributed by atoms with Crippen molar-refractivity contribution in [2.24, 2.45) is 0 Å². The highest BCUT2D eigenvalue weighted by Crippen LogP contribution is 2.33. The topological polar surface area (TPSA) is 27.0 Å². The molecule has 1 fully saturated rings. The summed E-state index contributed by atoms with van der Waals surface area (Å²) in [5.41, 5.74) is 3.16. The van der Waals surface area contributed by atoms with Crippen molar-refractivity contribution in [2.45, 2.75) is 19.8 Å². The van der Waals surface area contributed by atoms with Crippen LogP contribution in [0.15, 0.2) is 16.6 Å². The second kappa shape index (κ2) is 4.24. The van der Waals surface area contributed by atoms with Crippen LogP contribution in [-0.2, 0) is 0 Å². The molecular weight excluding hydrogens is 252 g/mol. The number of nitriles is 1. The van der Waals surface area contributed by atoms with Crippen LogP contribution >= 0.6 is 15.9 Å². The van der Waals surface area contributed by atoms with E-state index in [9.17, 15) is 0 Å². The zero-order chi connectivity index (χ0) is 10.8. The number of benzene rings is 1. The number of hydrogen-bond donors (Lipinski definition) is 0. The summed E-state index contributed by atoms with van der Waals surface area (Å²) in [5, 5.41) is 8.86. The van der Waals surface area contributed by atoms with Crippen LogP contribution in [0.2, 0.25) is 0 Å². The molecule has 1 aromatic carbocycles. The zero-order valence-electron chi connectivity index (χ0n) is 8.76. The monoisotopic (exact) mass is 264 g/mol. The molecule has 0 aliphatic carbocycles. The lowest BCUT2D eigenvalue weighted by Gasteiger charge is -2.21. The first-order valence-electron chi connectivity index (χ1n) is 5.17. The van der Waals surface area contributed by atoms with Crippen LogP contribution in [0.3, 0.4) is 0 Å². The lowest BCUT2D eigenvalue weighted by Crippen LogP contribution is -2.19. The summed E-state index contributed by atoms with van der Waals surface area (Å²) >= 11 is 3.56. The smallest absolute Gasteiger partial charge is 0.0992 e. The Morgan fingerprint density at radius 3 is 2.53 bits per heavy atom. The van der Waals surface area contributed by atoms with E-state index in [2.05, 4.69) is 33.8 Å². The van der Waals surface area contributed by atoms with E-state index in [-0.39, 0.29) is 0 Å². The minimum Gasteiger partial charge on any atom is -0.370 e. The van der Waals surface area contributed by atoms with E-state index in [0.29, 0.717) is 0 Å². The summed E-state index contributed by atoms with van der Waals surface area (Å²) in [6, 6.07) is 6.04. The van der Waals surface area contributed by atoms with Gasteiger partial charge in [-0.05, 0) is 53.4 Å². The molecular formula is C12H13BrN2. The summed E-state index contributed by atoms with van der Waals surface area (Å²) in [7, 11) is 0. The maximum atomic E-state index is 8.86. The van der Waals surface area contributed by atoms with Crippen LogP contribution in [0.25, 0.3) is 0 Å². The molecule has 0 bridgehead atoms. The largest absolute Gasteiger partial charge is 0.370 e. The van der Waals surface area contributed by atoms with E-state index in [1.54, 1.807) is 0 Å². The number of nitrogens with zero attached hydrogens (tertiary/aromatic N) is 2. The first-order chi connectivity index (χ1) is 7.22. The third-order valence-electron chi connectivity index (χ3n) is 2.81. The fourth-order valence-corrected chi connectivity index (χ4v) is 2.95. The molecule has 0 amide bonds. The average molecular weight is 265 g/mol. The number of rotatable bonds is 1. The molecule has 0 spiro atoms. The first kappa shape index (κ1) is 10.5. The second-order valence-corrected chi connectivity index (χ2v) is 4.78. The third-order valence-corrected chi connectivity index (χ3v) is 3.41. The molecule has 1 heterocycles. The normalized spacial score (nSPS) is 15.4. The van der Waals surface area contributed by atoms with Gasteiger partial charge >= 0.3 is 0 Å². The molecule has 1 saturated heterocycles. The Labute approximate surface area is 98.6 Å². The second-order valence-electron chi connectivity index (χ2n) is 3.93. The maximum absolute atomic E-state index is 8.86. The Morgan fingerprint density at radius 1 is 1.33 bits per heavy atom. The van der Waals surface area contributed by atoms with E-state index in [0.717, 1.165) is 23.1 Å². The SMILES string of the molecule is Cc1cc(C#N)cc(Br)c1N1CCCC1. The van der Waals surface area contributed by atoms with Crippen molar-refractivity contribution < 1.29 is 0 Å². The molecule has 0 unspecified atom stereocenters. The van der Waals surface area contributed by atoms with Gasteiger partial charge in [-0.2, -0.15) is 5.26 Å². The number of halogens is 1. The van der Waals surface area contributed by atoms with Gasteiger partial charge in [-0.15, -0.1) is 0 Å². The van der Waals surface area contributed by atoms with Crippen molar-refractivity contribution in [2.75, 3.05) is 18.0 Å². The highest BCUT2D eigenvalue weighted by molar-refractivity contribution is 9.10. The lowest BCUT2D eigenvalue weighted by molar-refractivity contribution is 0.949. The molecule has 0 saturated carbocycles. The highest BCUT2D eigenvalue weighted by atomic mass is 79.9. The summed E-state index contributed by atoms with van der Waals surface area (Å²) in [6.45, 7) is 4.33. The molecule has 1 aromatic rings. The molecule has 2 nitrogen and oxygen atoms in total. The van der Waals surface area contributed by atoms with Crippen LogP contribution in [0, 0.1) is 18.3 Å². The van der Waals surface area contributed by atoms with Crippen LogP contribution in [0.4, 0.5) is 5.69 Å². The van der Waals surface area contributed by atoms with Gasteiger partial charge in [0.05, 0.1) is 17.3 Å². The Morgan fingerprint density at radius 2 is 2.00 bits per heavy atom. The van der Waals surface area contributed by atoms with Gasteiger partial charge in [0.15, 0.2) is 0 Å². The quantitative estimate of drug-likeness (QED) is 0.779.